The van der Waals surface area contributed by atoms with Crippen molar-refractivity contribution in [1.29, 1.82) is 0 Å². The van der Waals surface area contributed by atoms with Gasteiger partial charge >= 0.3 is 5.97 Å². The maximum absolute atomic E-state index is 12.9. The summed E-state index contributed by atoms with van der Waals surface area (Å²) in [5.41, 5.74) is 0.774. The Hall–Kier alpha value is -2.59. The zero-order valence-electron chi connectivity index (χ0n) is 21.5. The molecule has 198 valence electrons. The lowest BCUT2D eigenvalue weighted by Crippen LogP contribution is -2.34. The summed E-state index contributed by atoms with van der Waals surface area (Å²) in [4.78, 5) is 40.5. The molecule has 36 heavy (non-hydrogen) atoms. The summed E-state index contributed by atoms with van der Waals surface area (Å²) >= 11 is 6.70. The molecule has 0 radical (unpaired) electrons. The van der Waals surface area contributed by atoms with Gasteiger partial charge in [-0.25, -0.2) is 0 Å². The standard InChI is InChI=1S/C26H36N2O6S2/c1-5-27(6-2)23(29)18-34-20-14-13-19(16-21(20)32-7-3)17-22-25(31)28(26(35)36-22)15-11-9-10-12-24(30)33-8-4/h13-14,16-17H,5-12,15,18H2,1-4H3/b22-17+. The van der Waals surface area contributed by atoms with Crippen LogP contribution in [0.5, 0.6) is 11.5 Å². The first-order chi connectivity index (χ1) is 17.3. The molecule has 10 heteroatoms. The highest BCUT2D eigenvalue weighted by Crippen LogP contribution is 2.35. The van der Waals surface area contributed by atoms with Gasteiger partial charge in [0.1, 0.15) is 4.32 Å². The molecule has 1 aliphatic heterocycles. The number of hydrogen-bond donors (Lipinski definition) is 0. The Morgan fingerprint density at radius 1 is 1.03 bits per heavy atom. The summed E-state index contributed by atoms with van der Waals surface area (Å²) in [5, 5.41) is 0. The van der Waals surface area contributed by atoms with Crippen LogP contribution in [-0.2, 0) is 19.1 Å². The van der Waals surface area contributed by atoms with Gasteiger partial charge in [0.25, 0.3) is 11.8 Å². The van der Waals surface area contributed by atoms with Crippen molar-refractivity contribution in [1.82, 2.24) is 9.80 Å². The van der Waals surface area contributed by atoms with E-state index in [1.807, 2.05) is 26.8 Å². The number of hydrogen-bond acceptors (Lipinski definition) is 8. The molecule has 1 heterocycles. The molecule has 1 fully saturated rings. The predicted molar refractivity (Wildman–Crippen MR) is 146 cm³/mol. The van der Waals surface area contributed by atoms with Crippen molar-refractivity contribution in [3.05, 3.63) is 28.7 Å². The number of unbranched alkanes of at least 4 members (excludes halogenated alkanes) is 2. The van der Waals surface area contributed by atoms with Crippen LogP contribution < -0.4 is 9.47 Å². The highest BCUT2D eigenvalue weighted by atomic mass is 32.2. The van der Waals surface area contributed by atoms with Crippen molar-refractivity contribution >= 4 is 52.2 Å². The van der Waals surface area contributed by atoms with Gasteiger partial charge in [-0.15, -0.1) is 0 Å². The van der Waals surface area contributed by atoms with Crippen LogP contribution in [0.25, 0.3) is 6.08 Å². The fraction of sp³-hybridized carbons (Fsp3) is 0.538. The molecule has 1 aliphatic rings. The number of carbonyl (C=O) groups is 3. The summed E-state index contributed by atoms with van der Waals surface area (Å²) in [6.07, 6.45) is 4.46. The van der Waals surface area contributed by atoms with Gasteiger partial charge in [-0.2, -0.15) is 0 Å². The summed E-state index contributed by atoms with van der Waals surface area (Å²) in [6.45, 7) is 10.0. The van der Waals surface area contributed by atoms with E-state index in [1.165, 1.54) is 11.8 Å². The normalized spacial score (nSPS) is 14.3. The van der Waals surface area contributed by atoms with E-state index >= 15 is 0 Å². The third-order valence-electron chi connectivity index (χ3n) is 5.47. The monoisotopic (exact) mass is 536 g/mol. The lowest BCUT2D eigenvalue weighted by atomic mass is 10.1. The van der Waals surface area contributed by atoms with Crippen LogP contribution in [0.2, 0.25) is 0 Å². The van der Waals surface area contributed by atoms with Crippen LogP contribution in [-0.4, -0.2) is 71.4 Å². The Kier molecular flexibility index (Phi) is 12.8. The first-order valence-corrected chi connectivity index (χ1v) is 13.6. The quantitative estimate of drug-likeness (QED) is 0.139. The summed E-state index contributed by atoms with van der Waals surface area (Å²) < 4.78 is 16.9. The van der Waals surface area contributed by atoms with Gasteiger partial charge < -0.3 is 19.1 Å². The lowest BCUT2D eigenvalue weighted by Gasteiger charge is -2.19. The molecule has 1 saturated heterocycles. The predicted octanol–water partition coefficient (Wildman–Crippen LogP) is 4.66. The van der Waals surface area contributed by atoms with Gasteiger partial charge in [-0.1, -0.05) is 36.5 Å². The van der Waals surface area contributed by atoms with Gasteiger partial charge in [0.05, 0.1) is 18.1 Å². The van der Waals surface area contributed by atoms with Crippen molar-refractivity contribution in [3.63, 3.8) is 0 Å². The van der Waals surface area contributed by atoms with E-state index in [9.17, 15) is 14.4 Å². The molecule has 8 nitrogen and oxygen atoms in total. The first-order valence-electron chi connectivity index (χ1n) is 12.4. The SMILES string of the molecule is CCOC(=O)CCCCCN1C(=O)/C(=C\c2ccc(OCC(=O)N(CC)CC)c(OCC)c2)SC1=S. The van der Waals surface area contributed by atoms with E-state index in [0.717, 1.165) is 24.8 Å². The van der Waals surface area contributed by atoms with E-state index < -0.39 is 0 Å². The number of likely N-dealkylation sites (N-methyl/N-ethyl adjacent to an activating group) is 1. The van der Waals surface area contributed by atoms with Crippen molar-refractivity contribution in [2.45, 2.75) is 53.4 Å². The number of thioether (sulfide) groups is 1. The van der Waals surface area contributed by atoms with Crippen LogP contribution in [0.3, 0.4) is 0 Å². The molecule has 0 unspecified atom stereocenters. The number of benzene rings is 1. The molecule has 0 N–H and O–H groups in total. The maximum Gasteiger partial charge on any atom is 0.305 e. The molecule has 0 bridgehead atoms. The molecule has 0 saturated carbocycles. The van der Waals surface area contributed by atoms with E-state index in [0.29, 0.717) is 60.0 Å². The van der Waals surface area contributed by atoms with Gasteiger partial charge in [-0.3, -0.25) is 19.3 Å². The summed E-state index contributed by atoms with van der Waals surface area (Å²) in [7, 11) is 0. The minimum atomic E-state index is -0.190. The number of esters is 1. The van der Waals surface area contributed by atoms with Gasteiger partial charge in [0.15, 0.2) is 18.1 Å². The number of nitrogens with zero attached hydrogens (tertiary/aromatic N) is 2. The largest absolute Gasteiger partial charge is 0.490 e. The molecule has 2 rings (SSSR count). The maximum atomic E-state index is 12.9. The highest BCUT2D eigenvalue weighted by Gasteiger charge is 2.31. The summed E-state index contributed by atoms with van der Waals surface area (Å²) in [5.74, 6) is 0.583. The smallest absolute Gasteiger partial charge is 0.305 e. The second-order valence-corrected chi connectivity index (χ2v) is 9.62. The highest BCUT2D eigenvalue weighted by molar-refractivity contribution is 8.26. The van der Waals surface area contributed by atoms with Crippen molar-refractivity contribution in [3.8, 4) is 11.5 Å². The van der Waals surface area contributed by atoms with Crippen molar-refractivity contribution in [2.75, 3.05) is 39.5 Å². The van der Waals surface area contributed by atoms with Crippen LogP contribution in [0.1, 0.15) is 58.9 Å². The zero-order valence-corrected chi connectivity index (χ0v) is 23.2. The van der Waals surface area contributed by atoms with Gasteiger partial charge in [-0.05, 0) is 64.3 Å². The Morgan fingerprint density at radius 3 is 2.44 bits per heavy atom. The number of amides is 2. The van der Waals surface area contributed by atoms with Gasteiger partial charge in [0, 0.05) is 26.1 Å². The molecule has 0 aliphatic carbocycles. The first kappa shape index (κ1) is 29.6. The summed E-state index contributed by atoms with van der Waals surface area (Å²) in [6, 6.07) is 5.36. The molecule has 0 spiro atoms. The second-order valence-electron chi connectivity index (χ2n) is 7.94. The van der Waals surface area contributed by atoms with E-state index in [4.69, 9.17) is 26.4 Å². The average molecular weight is 537 g/mol. The van der Waals surface area contributed by atoms with Crippen molar-refractivity contribution in [2.24, 2.45) is 0 Å². The molecule has 0 aromatic heterocycles. The number of rotatable bonds is 15. The number of ether oxygens (including phenoxy) is 3. The molecule has 1 aromatic carbocycles. The third kappa shape index (κ3) is 8.81. The Morgan fingerprint density at radius 2 is 1.78 bits per heavy atom. The Bertz CT molecular complexity index is 962. The molecule has 1 aromatic rings. The van der Waals surface area contributed by atoms with E-state index in [-0.39, 0.29) is 24.4 Å². The Labute approximate surface area is 223 Å². The molecular formula is C26H36N2O6S2. The molecular weight excluding hydrogens is 500 g/mol. The van der Waals surface area contributed by atoms with Gasteiger partial charge in [0.2, 0.25) is 0 Å². The lowest BCUT2D eigenvalue weighted by molar-refractivity contribution is -0.143. The fourth-order valence-corrected chi connectivity index (χ4v) is 4.91. The zero-order chi connectivity index (χ0) is 26.5. The van der Waals surface area contributed by atoms with Crippen LogP contribution in [0.4, 0.5) is 0 Å². The van der Waals surface area contributed by atoms with Crippen molar-refractivity contribution < 1.29 is 28.6 Å². The fourth-order valence-electron chi connectivity index (χ4n) is 3.60. The molecule has 0 atom stereocenters. The van der Waals surface area contributed by atoms with Crippen LogP contribution in [0.15, 0.2) is 23.1 Å². The van der Waals surface area contributed by atoms with Crippen LogP contribution >= 0.6 is 24.0 Å². The third-order valence-corrected chi connectivity index (χ3v) is 6.85. The van der Waals surface area contributed by atoms with E-state index in [2.05, 4.69) is 0 Å². The van der Waals surface area contributed by atoms with E-state index in [1.54, 1.807) is 34.9 Å². The second kappa shape index (κ2) is 15.5. The number of carbonyl (C=O) groups excluding carboxylic acids is 3. The topological polar surface area (TPSA) is 85.4 Å². The Balaban J connectivity index is 2.00. The average Bonchev–Trinajstić information content (AvgIpc) is 3.11. The minimum Gasteiger partial charge on any atom is -0.490 e. The molecule has 2 amide bonds. The number of thiocarbonyl (C=S) groups is 1. The minimum absolute atomic E-state index is 0.0699. The van der Waals surface area contributed by atoms with Crippen LogP contribution in [0, 0.1) is 0 Å².